The maximum Gasteiger partial charge on any atom is 0.348 e. The van der Waals surface area contributed by atoms with Crippen molar-refractivity contribution in [3.8, 4) is 0 Å². The van der Waals surface area contributed by atoms with E-state index in [4.69, 9.17) is 5.14 Å². The molecule has 0 aliphatic rings. The van der Waals surface area contributed by atoms with E-state index in [0.29, 0.717) is 0 Å². The predicted octanol–water partition coefficient (Wildman–Crippen LogP) is -0.557. The number of primary sulfonamides is 1. The average Bonchev–Trinajstić information content (AvgIpc) is 2.14. The lowest BCUT2D eigenvalue weighted by Gasteiger charge is -2.30. The van der Waals surface area contributed by atoms with Crippen LogP contribution in [0.1, 0.15) is 10.4 Å². The minimum absolute atomic E-state index is 0.301. The fourth-order valence-corrected chi connectivity index (χ4v) is 1.74. The lowest BCUT2D eigenvalue weighted by atomic mass is 10.2. The first-order valence-corrected chi connectivity index (χ1v) is 5.76. The van der Waals surface area contributed by atoms with Gasteiger partial charge in [-0.1, -0.05) is 0 Å². The van der Waals surface area contributed by atoms with Gasteiger partial charge in [0, 0.05) is 6.20 Å². The number of nitrogens with two attached hydrogens (primary N) is 1. The van der Waals surface area contributed by atoms with E-state index in [9.17, 15) is 18.4 Å². The summed E-state index contributed by atoms with van der Waals surface area (Å²) in [6.07, 6.45) is 1.18. The number of hydrogen-bond acceptors (Lipinski definition) is 5. The van der Waals surface area contributed by atoms with Crippen LogP contribution in [-0.2, 0) is 10.0 Å². The van der Waals surface area contributed by atoms with Gasteiger partial charge in [0.25, 0.3) is 10.0 Å². The van der Waals surface area contributed by atoms with Crippen molar-refractivity contribution in [2.24, 2.45) is 5.14 Å². The number of quaternary nitrogens is 1. The van der Waals surface area contributed by atoms with Crippen LogP contribution in [0.25, 0.3) is 0 Å². The Balaban J connectivity index is 3.42. The van der Waals surface area contributed by atoms with Gasteiger partial charge in [-0.3, -0.25) is 4.65 Å². The highest BCUT2D eigenvalue weighted by Crippen LogP contribution is 2.14. The van der Waals surface area contributed by atoms with Crippen molar-refractivity contribution in [2.45, 2.75) is 5.03 Å². The van der Waals surface area contributed by atoms with Crippen LogP contribution in [0.3, 0.4) is 0 Å². The summed E-state index contributed by atoms with van der Waals surface area (Å²) < 4.78 is 21.0. The number of nitrogens with zero attached hydrogens (tertiary/aromatic N) is 2. The van der Waals surface area contributed by atoms with Crippen molar-refractivity contribution in [1.82, 2.24) is 4.98 Å². The van der Waals surface area contributed by atoms with Crippen molar-refractivity contribution in [3.05, 3.63) is 29.1 Å². The molecule has 0 aliphatic carbocycles. The van der Waals surface area contributed by atoms with Crippen molar-refractivity contribution < 1.29 is 17.9 Å². The molecule has 1 amide bonds. The number of pyridine rings is 1. The highest BCUT2D eigenvalue weighted by atomic mass is 32.2. The largest absolute Gasteiger partial charge is 0.625 e. The molecular formula is C8H11N3O4S. The van der Waals surface area contributed by atoms with E-state index in [2.05, 4.69) is 4.98 Å². The van der Waals surface area contributed by atoms with Gasteiger partial charge < -0.3 is 5.21 Å². The second-order valence-electron chi connectivity index (χ2n) is 3.56. The van der Waals surface area contributed by atoms with Crippen molar-refractivity contribution in [2.75, 3.05) is 14.1 Å². The molecule has 1 aromatic heterocycles. The molecule has 0 saturated carbocycles. The highest BCUT2D eigenvalue weighted by Gasteiger charge is 2.27. The summed E-state index contributed by atoms with van der Waals surface area (Å²) in [6.45, 7) is 0. The average molecular weight is 245 g/mol. The minimum Gasteiger partial charge on any atom is -0.625 e. The summed E-state index contributed by atoms with van der Waals surface area (Å²) >= 11 is 0. The Morgan fingerprint density at radius 2 is 2.06 bits per heavy atom. The van der Waals surface area contributed by atoms with Gasteiger partial charge in [0.15, 0.2) is 5.03 Å². The number of hydrogen-bond donors (Lipinski definition) is 1. The number of hydroxylamine groups is 3. The maximum atomic E-state index is 11.6. The van der Waals surface area contributed by atoms with Gasteiger partial charge in [-0.05, 0) is 12.1 Å². The molecule has 0 radical (unpaired) electrons. The molecule has 16 heavy (non-hydrogen) atoms. The normalized spacial score (nSPS) is 12.5. The second-order valence-corrected chi connectivity index (χ2v) is 5.03. The number of carbonyl (C=O) groups excluding carboxylic acids is 1. The van der Waals surface area contributed by atoms with Crippen LogP contribution in [0.2, 0.25) is 0 Å². The number of aromatic nitrogens is 1. The fraction of sp³-hybridized carbons (Fsp3) is 0.250. The smallest absolute Gasteiger partial charge is 0.348 e. The van der Waals surface area contributed by atoms with Gasteiger partial charge in [0.2, 0.25) is 0 Å². The number of rotatable bonds is 2. The lowest BCUT2D eigenvalue weighted by molar-refractivity contribution is -0.753. The molecule has 0 fully saturated rings. The van der Waals surface area contributed by atoms with Gasteiger partial charge in [0.05, 0.1) is 14.1 Å². The third-order valence-corrected chi connectivity index (χ3v) is 2.62. The van der Waals surface area contributed by atoms with Gasteiger partial charge in [-0.25, -0.2) is 23.3 Å². The van der Waals surface area contributed by atoms with Crippen molar-refractivity contribution in [1.29, 1.82) is 0 Å². The fourth-order valence-electron chi connectivity index (χ4n) is 1.07. The van der Waals surface area contributed by atoms with E-state index in [0.717, 1.165) is 14.1 Å². The van der Waals surface area contributed by atoms with E-state index in [1.807, 2.05) is 0 Å². The van der Waals surface area contributed by atoms with Crippen molar-refractivity contribution in [3.63, 3.8) is 0 Å². The van der Waals surface area contributed by atoms with Gasteiger partial charge >= 0.3 is 5.91 Å². The molecule has 8 heteroatoms. The number of carbonyl (C=O) groups is 1. The topological polar surface area (TPSA) is 113 Å². The summed E-state index contributed by atoms with van der Waals surface area (Å²) in [5.74, 6) is -0.919. The van der Waals surface area contributed by atoms with Crippen LogP contribution in [0, 0.1) is 5.21 Å². The van der Waals surface area contributed by atoms with E-state index in [1.54, 1.807) is 0 Å². The third kappa shape index (κ3) is 2.61. The number of amides is 1. The molecule has 0 spiro atoms. The van der Waals surface area contributed by atoms with E-state index < -0.39 is 25.6 Å². The molecule has 1 rings (SSSR count). The SMILES string of the molecule is C[N+](C)([O-])C(=O)c1cccnc1S(N)(=O)=O. The van der Waals surface area contributed by atoms with E-state index >= 15 is 0 Å². The predicted molar refractivity (Wildman–Crippen MR) is 55.4 cm³/mol. The molecule has 0 aromatic carbocycles. The lowest BCUT2D eigenvalue weighted by Crippen LogP contribution is -2.40. The zero-order valence-corrected chi connectivity index (χ0v) is 9.56. The standard InChI is InChI=1S/C8H11N3O4S/c1-11(2,13)8(12)6-4-3-5-10-7(6)16(9,14)15/h3-5H,1-2H3,(H2,9,14,15). The Kier molecular flexibility index (Phi) is 3.10. The van der Waals surface area contributed by atoms with Crippen LogP contribution >= 0.6 is 0 Å². The van der Waals surface area contributed by atoms with E-state index in [-0.39, 0.29) is 5.56 Å². The molecule has 88 valence electrons. The molecule has 1 aromatic rings. The zero-order valence-electron chi connectivity index (χ0n) is 8.75. The molecule has 7 nitrogen and oxygen atoms in total. The van der Waals surface area contributed by atoms with Gasteiger partial charge in [-0.2, -0.15) is 0 Å². The highest BCUT2D eigenvalue weighted by molar-refractivity contribution is 7.89. The van der Waals surface area contributed by atoms with Gasteiger partial charge in [0.1, 0.15) is 5.56 Å². The Hall–Kier alpha value is -1.35. The van der Waals surface area contributed by atoms with Crippen LogP contribution in [0.4, 0.5) is 0 Å². The first-order valence-electron chi connectivity index (χ1n) is 4.22. The maximum absolute atomic E-state index is 11.6. The van der Waals surface area contributed by atoms with Crippen LogP contribution in [0.5, 0.6) is 0 Å². The zero-order chi connectivity index (χ0) is 12.6. The molecule has 0 atom stereocenters. The Labute approximate surface area is 92.7 Å². The third-order valence-electron chi connectivity index (χ3n) is 1.76. The van der Waals surface area contributed by atoms with Crippen LogP contribution < -0.4 is 5.14 Å². The molecule has 0 bridgehead atoms. The summed E-state index contributed by atoms with van der Waals surface area (Å²) in [7, 11) is -1.95. The summed E-state index contributed by atoms with van der Waals surface area (Å²) in [5.41, 5.74) is -0.301. The molecule has 0 unspecified atom stereocenters. The Morgan fingerprint density at radius 1 is 1.50 bits per heavy atom. The molecule has 1 heterocycles. The van der Waals surface area contributed by atoms with Crippen LogP contribution in [-0.4, -0.2) is 38.1 Å². The molecular weight excluding hydrogens is 234 g/mol. The summed E-state index contributed by atoms with van der Waals surface area (Å²) in [6, 6.07) is 2.56. The second kappa shape index (κ2) is 3.91. The van der Waals surface area contributed by atoms with Crippen LogP contribution in [0.15, 0.2) is 23.4 Å². The molecule has 0 saturated heterocycles. The summed E-state index contributed by atoms with van der Waals surface area (Å²) in [4.78, 5) is 15.1. The Bertz CT molecular complexity index is 518. The Morgan fingerprint density at radius 3 is 2.50 bits per heavy atom. The summed E-state index contributed by atoms with van der Waals surface area (Å²) in [5, 5.41) is 15.7. The molecule has 2 N–H and O–H groups in total. The first-order chi connectivity index (χ1) is 7.14. The molecule has 0 aliphatic heterocycles. The van der Waals surface area contributed by atoms with Gasteiger partial charge in [-0.15, -0.1) is 0 Å². The van der Waals surface area contributed by atoms with E-state index in [1.165, 1.54) is 18.3 Å². The number of sulfonamides is 1. The van der Waals surface area contributed by atoms with Crippen molar-refractivity contribution >= 4 is 15.9 Å². The first kappa shape index (κ1) is 12.7. The minimum atomic E-state index is -4.12. The monoisotopic (exact) mass is 245 g/mol. The quantitative estimate of drug-likeness (QED) is 0.554.